The maximum absolute atomic E-state index is 11.1. The van der Waals surface area contributed by atoms with Gasteiger partial charge in [-0.15, -0.1) is 0 Å². The van der Waals surface area contributed by atoms with Crippen LogP contribution in [-0.2, 0) is 14.4 Å². The highest BCUT2D eigenvalue weighted by atomic mass is 16.4. The van der Waals surface area contributed by atoms with E-state index in [0.717, 1.165) is 0 Å². The number of carbonyl (C=O) groups is 3. The molecule has 130 valence electrons. The molecule has 21 heavy (non-hydrogen) atoms. The number of aliphatic carboxylic acids is 3. The maximum Gasteiger partial charge on any atom is 0.309 e. The molecule has 0 saturated carbocycles. The van der Waals surface area contributed by atoms with Crippen molar-refractivity contribution in [2.75, 3.05) is 0 Å². The Morgan fingerprint density at radius 1 is 0.810 bits per heavy atom. The van der Waals surface area contributed by atoms with Crippen molar-refractivity contribution in [3.8, 4) is 0 Å². The fraction of sp³-hybridized carbons (Fsp3) is 0.800. The molecule has 0 saturated heterocycles. The lowest BCUT2D eigenvalue weighted by atomic mass is 9.70. The molecule has 0 rings (SSSR count). The molecule has 0 heterocycles. The monoisotopic (exact) mass is 310 g/mol. The second-order valence-electron chi connectivity index (χ2n) is 4.83. The van der Waals surface area contributed by atoms with E-state index in [9.17, 15) is 14.4 Å². The van der Waals surface area contributed by atoms with Gasteiger partial charge in [-0.05, 0) is 26.7 Å². The Bertz CT molecular complexity index is 339. The third-order valence-electron chi connectivity index (χ3n) is 3.13. The molecule has 0 radical (unpaired) electrons. The molecule has 2 unspecified atom stereocenters. The zero-order valence-electron chi connectivity index (χ0n) is 10.2. The van der Waals surface area contributed by atoms with E-state index in [0.29, 0.717) is 0 Å². The summed E-state index contributed by atoms with van der Waals surface area (Å²) in [5.74, 6) is -3.66. The molecule has 0 fully saturated rings. The Labute approximate surface area is 129 Å². The average molecular weight is 310 g/mol. The van der Waals surface area contributed by atoms with E-state index >= 15 is 0 Å². The van der Waals surface area contributed by atoms with E-state index in [4.69, 9.17) is 15.3 Å². The van der Waals surface area contributed by atoms with Crippen LogP contribution >= 0.6 is 0 Å². The lowest BCUT2D eigenvalue weighted by Gasteiger charge is -2.32. The van der Waals surface area contributed by atoms with Gasteiger partial charge in [0, 0.05) is 0 Å². The summed E-state index contributed by atoms with van der Waals surface area (Å²) in [6.45, 7) is 4.33. The summed E-state index contributed by atoms with van der Waals surface area (Å²) in [5.41, 5.74) is -2.81. The molecule has 6 heteroatoms. The van der Waals surface area contributed by atoms with Crippen molar-refractivity contribution in [2.24, 2.45) is 10.8 Å². The Balaban J connectivity index is -0.000000213. The normalized spacial score (nSPS) is 14.4. The Morgan fingerprint density at radius 3 is 1.33 bits per heavy atom. The highest BCUT2D eigenvalue weighted by Gasteiger charge is 2.45. The second kappa shape index (κ2) is 11.1. The van der Waals surface area contributed by atoms with Crippen LogP contribution in [0.1, 0.15) is 69.7 Å². The SMILES string of the molecule is C.C.C.C.CCC(C)(CC(C)(CC(=O)O)C(=O)O)C(=O)O. The van der Waals surface area contributed by atoms with Crippen LogP contribution in [0.25, 0.3) is 0 Å². The summed E-state index contributed by atoms with van der Waals surface area (Å²) in [7, 11) is 0. The lowest BCUT2D eigenvalue weighted by molar-refractivity contribution is -0.161. The first-order valence-electron chi connectivity index (χ1n) is 5.26. The first-order chi connectivity index (χ1) is 7.57. The molecule has 0 bridgehead atoms. The van der Waals surface area contributed by atoms with Gasteiger partial charge < -0.3 is 15.3 Å². The summed E-state index contributed by atoms with van der Waals surface area (Å²) in [4.78, 5) is 32.9. The Hall–Kier alpha value is -1.59. The van der Waals surface area contributed by atoms with Crippen molar-refractivity contribution in [3.05, 3.63) is 0 Å². The van der Waals surface area contributed by atoms with E-state index in [-0.39, 0.29) is 42.5 Å². The van der Waals surface area contributed by atoms with E-state index in [1.807, 2.05) is 0 Å². The Morgan fingerprint density at radius 2 is 1.14 bits per heavy atom. The van der Waals surface area contributed by atoms with Crippen LogP contribution in [0.2, 0.25) is 0 Å². The highest BCUT2D eigenvalue weighted by Crippen LogP contribution is 2.39. The van der Waals surface area contributed by atoms with Crippen molar-refractivity contribution in [3.63, 3.8) is 0 Å². The molecule has 0 aliphatic heterocycles. The molecule has 0 aromatic carbocycles. The number of carboxylic acid groups (broad SMARTS) is 3. The summed E-state index contributed by atoms with van der Waals surface area (Å²) in [6.07, 6.45) is -0.566. The molecule has 2 atom stereocenters. The van der Waals surface area contributed by atoms with Crippen molar-refractivity contribution >= 4 is 17.9 Å². The minimum Gasteiger partial charge on any atom is -0.481 e. The van der Waals surface area contributed by atoms with E-state index < -0.39 is 35.2 Å². The summed E-state index contributed by atoms with van der Waals surface area (Å²) >= 11 is 0. The maximum atomic E-state index is 11.1. The van der Waals surface area contributed by atoms with Gasteiger partial charge in [0.2, 0.25) is 0 Å². The molecule has 0 aromatic rings. The zero-order chi connectivity index (χ0) is 13.9. The lowest BCUT2D eigenvalue weighted by Crippen LogP contribution is -2.39. The van der Waals surface area contributed by atoms with Crippen LogP contribution in [0.3, 0.4) is 0 Å². The Kier molecular flexibility index (Phi) is 16.8. The molecule has 6 nitrogen and oxygen atoms in total. The van der Waals surface area contributed by atoms with E-state index in [1.54, 1.807) is 6.92 Å². The highest BCUT2D eigenvalue weighted by molar-refractivity contribution is 5.82. The van der Waals surface area contributed by atoms with Gasteiger partial charge in [-0.1, -0.05) is 36.6 Å². The third-order valence-corrected chi connectivity index (χ3v) is 3.13. The van der Waals surface area contributed by atoms with Crippen LogP contribution in [0.15, 0.2) is 0 Å². The van der Waals surface area contributed by atoms with Crippen molar-refractivity contribution in [1.29, 1.82) is 0 Å². The molecule has 0 aromatic heterocycles. The van der Waals surface area contributed by atoms with Gasteiger partial charge in [0.1, 0.15) is 0 Å². The molecule has 3 N–H and O–H groups in total. The summed E-state index contributed by atoms with van der Waals surface area (Å²) in [6, 6.07) is 0. The molecule has 0 aliphatic rings. The van der Waals surface area contributed by atoms with Gasteiger partial charge >= 0.3 is 17.9 Å². The molecular weight excluding hydrogens is 276 g/mol. The largest absolute Gasteiger partial charge is 0.481 e. The molecule has 0 spiro atoms. The number of carboxylic acids is 3. The third kappa shape index (κ3) is 8.32. The van der Waals surface area contributed by atoms with Crippen LogP contribution in [0, 0.1) is 10.8 Å². The predicted molar refractivity (Wildman–Crippen MR) is 85.6 cm³/mol. The van der Waals surface area contributed by atoms with E-state index in [2.05, 4.69) is 0 Å². The smallest absolute Gasteiger partial charge is 0.309 e. The van der Waals surface area contributed by atoms with Gasteiger partial charge in [-0.2, -0.15) is 0 Å². The van der Waals surface area contributed by atoms with Crippen molar-refractivity contribution < 1.29 is 29.7 Å². The quantitative estimate of drug-likeness (QED) is 0.655. The number of hydrogen-bond donors (Lipinski definition) is 3. The van der Waals surface area contributed by atoms with Gasteiger partial charge in [-0.25, -0.2) is 0 Å². The topological polar surface area (TPSA) is 112 Å². The molecular formula is C15H34O6. The molecule has 0 amide bonds. The molecule has 0 aliphatic carbocycles. The average Bonchev–Trinajstić information content (AvgIpc) is 2.15. The van der Waals surface area contributed by atoms with Crippen LogP contribution < -0.4 is 0 Å². The minimum absolute atomic E-state index is 0. The van der Waals surface area contributed by atoms with Crippen LogP contribution in [0.4, 0.5) is 0 Å². The standard InChI is InChI=1S/C11H18O6.4CH4/c1-4-10(2,8(14)15)6-11(3,9(16)17)5-7(12)13;;;;/h4-6H2,1-3H3,(H,12,13)(H,14,15)(H,16,17);4*1H4. The predicted octanol–water partition coefficient (Wildman–Crippen LogP) is 3.99. The van der Waals surface area contributed by atoms with Crippen LogP contribution in [-0.4, -0.2) is 33.2 Å². The fourth-order valence-corrected chi connectivity index (χ4v) is 1.76. The fourth-order valence-electron chi connectivity index (χ4n) is 1.76. The van der Waals surface area contributed by atoms with Gasteiger partial charge in [0.25, 0.3) is 0 Å². The summed E-state index contributed by atoms with van der Waals surface area (Å²) in [5, 5.41) is 26.8. The number of hydrogen-bond acceptors (Lipinski definition) is 3. The summed E-state index contributed by atoms with van der Waals surface area (Å²) < 4.78 is 0. The first kappa shape index (κ1) is 31.7. The van der Waals surface area contributed by atoms with Gasteiger partial charge in [0.15, 0.2) is 0 Å². The van der Waals surface area contributed by atoms with Crippen molar-refractivity contribution in [2.45, 2.75) is 69.7 Å². The van der Waals surface area contributed by atoms with E-state index in [1.165, 1.54) is 13.8 Å². The minimum atomic E-state index is -1.57. The van der Waals surface area contributed by atoms with Gasteiger partial charge in [-0.3, -0.25) is 14.4 Å². The second-order valence-corrected chi connectivity index (χ2v) is 4.83. The van der Waals surface area contributed by atoms with Gasteiger partial charge in [0.05, 0.1) is 17.3 Å². The van der Waals surface area contributed by atoms with Crippen molar-refractivity contribution in [1.82, 2.24) is 0 Å². The first-order valence-corrected chi connectivity index (χ1v) is 5.26. The number of rotatable bonds is 7. The zero-order valence-corrected chi connectivity index (χ0v) is 10.2. The van der Waals surface area contributed by atoms with Crippen LogP contribution in [0.5, 0.6) is 0 Å².